The molecule has 0 aromatic carbocycles. The molecule has 0 N–H and O–H groups in total. The lowest BCUT2D eigenvalue weighted by molar-refractivity contribution is 0.165. The Bertz CT molecular complexity index is 299. The zero-order chi connectivity index (χ0) is 13.2. The standard InChI is InChI=1S/C18H32/c1-14(2)8-7-9-15(3)17-12-11-16-10-5-6-13-18(16,17)4/h10,14-15,17H,5-9,11-13H2,1-4H3/t15-,17-,18+/m1/s1. The summed E-state index contributed by atoms with van der Waals surface area (Å²) < 4.78 is 0. The van der Waals surface area contributed by atoms with Crippen molar-refractivity contribution in [2.45, 2.75) is 79.1 Å². The molecule has 18 heavy (non-hydrogen) atoms. The van der Waals surface area contributed by atoms with E-state index in [0.29, 0.717) is 5.41 Å². The molecular formula is C18H32. The summed E-state index contributed by atoms with van der Waals surface area (Å²) in [7, 11) is 0. The predicted octanol–water partition coefficient (Wildman–Crippen LogP) is 5.98. The maximum Gasteiger partial charge on any atom is -0.00854 e. The molecule has 0 aliphatic heterocycles. The minimum Gasteiger partial charge on any atom is -0.0848 e. The highest BCUT2D eigenvalue weighted by molar-refractivity contribution is 5.23. The van der Waals surface area contributed by atoms with E-state index in [9.17, 15) is 0 Å². The van der Waals surface area contributed by atoms with Crippen LogP contribution in [0.3, 0.4) is 0 Å². The van der Waals surface area contributed by atoms with Gasteiger partial charge in [-0.3, -0.25) is 0 Å². The molecule has 0 aromatic heterocycles. The first kappa shape index (κ1) is 14.2. The monoisotopic (exact) mass is 248 g/mol. The van der Waals surface area contributed by atoms with E-state index in [-0.39, 0.29) is 0 Å². The molecule has 0 amide bonds. The normalized spacial score (nSPS) is 33.4. The lowest BCUT2D eigenvalue weighted by Crippen LogP contribution is -2.30. The smallest absolute Gasteiger partial charge is 0.00854 e. The van der Waals surface area contributed by atoms with Gasteiger partial charge in [-0.25, -0.2) is 0 Å². The summed E-state index contributed by atoms with van der Waals surface area (Å²) in [5.74, 6) is 2.77. The molecule has 0 spiro atoms. The van der Waals surface area contributed by atoms with Crippen molar-refractivity contribution in [3.8, 4) is 0 Å². The summed E-state index contributed by atoms with van der Waals surface area (Å²) in [5, 5.41) is 0. The first-order valence-corrected chi connectivity index (χ1v) is 8.23. The molecule has 1 saturated carbocycles. The van der Waals surface area contributed by atoms with Crippen LogP contribution >= 0.6 is 0 Å². The van der Waals surface area contributed by atoms with Gasteiger partial charge in [-0.2, -0.15) is 0 Å². The zero-order valence-electron chi connectivity index (χ0n) is 13.0. The summed E-state index contributed by atoms with van der Waals surface area (Å²) in [6, 6.07) is 0. The van der Waals surface area contributed by atoms with Crippen LogP contribution in [0.4, 0.5) is 0 Å². The van der Waals surface area contributed by atoms with Crippen molar-refractivity contribution < 1.29 is 0 Å². The Morgan fingerprint density at radius 2 is 2.06 bits per heavy atom. The van der Waals surface area contributed by atoms with Crippen molar-refractivity contribution in [1.82, 2.24) is 0 Å². The Balaban J connectivity index is 1.92. The number of fused-ring (bicyclic) bond motifs is 1. The van der Waals surface area contributed by atoms with E-state index < -0.39 is 0 Å². The average Bonchev–Trinajstić information content (AvgIpc) is 2.65. The molecule has 0 aromatic rings. The largest absolute Gasteiger partial charge is 0.0848 e. The number of hydrogen-bond donors (Lipinski definition) is 0. The average molecular weight is 248 g/mol. The Morgan fingerprint density at radius 1 is 1.28 bits per heavy atom. The predicted molar refractivity (Wildman–Crippen MR) is 80.6 cm³/mol. The van der Waals surface area contributed by atoms with Crippen LogP contribution in [0.1, 0.15) is 79.1 Å². The number of allylic oxidation sites excluding steroid dienone is 2. The van der Waals surface area contributed by atoms with E-state index in [2.05, 4.69) is 33.8 Å². The highest BCUT2D eigenvalue weighted by atomic mass is 14.5. The van der Waals surface area contributed by atoms with E-state index in [4.69, 9.17) is 0 Å². The minimum absolute atomic E-state index is 0.579. The molecule has 0 unspecified atom stereocenters. The first-order chi connectivity index (χ1) is 8.54. The van der Waals surface area contributed by atoms with Crippen molar-refractivity contribution in [2.75, 3.05) is 0 Å². The van der Waals surface area contributed by atoms with Crippen molar-refractivity contribution in [3.05, 3.63) is 11.6 Å². The summed E-state index contributed by atoms with van der Waals surface area (Å²) in [6.07, 6.45) is 14.0. The third-order valence-corrected chi connectivity index (χ3v) is 5.70. The van der Waals surface area contributed by atoms with E-state index in [0.717, 1.165) is 17.8 Å². The summed E-state index contributed by atoms with van der Waals surface area (Å²) in [5.41, 5.74) is 2.39. The third-order valence-electron chi connectivity index (χ3n) is 5.70. The summed E-state index contributed by atoms with van der Waals surface area (Å²) in [6.45, 7) is 9.79. The molecule has 0 saturated heterocycles. The quantitative estimate of drug-likeness (QED) is 0.525. The van der Waals surface area contributed by atoms with Crippen LogP contribution in [-0.4, -0.2) is 0 Å². The van der Waals surface area contributed by atoms with Gasteiger partial charge in [0.05, 0.1) is 0 Å². The van der Waals surface area contributed by atoms with E-state index in [1.165, 1.54) is 51.4 Å². The molecule has 0 radical (unpaired) electrons. The maximum absolute atomic E-state index is 2.57. The Morgan fingerprint density at radius 3 is 2.78 bits per heavy atom. The molecule has 104 valence electrons. The molecular weight excluding hydrogens is 216 g/mol. The van der Waals surface area contributed by atoms with Crippen LogP contribution in [0, 0.1) is 23.2 Å². The lowest BCUT2D eigenvalue weighted by atomic mass is 9.66. The zero-order valence-corrected chi connectivity index (χ0v) is 13.0. The maximum atomic E-state index is 2.57. The van der Waals surface area contributed by atoms with E-state index in [1.807, 2.05) is 5.57 Å². The van der Waals surface area contributed by atoms with Crippen LogP contribution < -0.4 is 0 Å². The molecule has 0 heterocycles. The van der Waals surface area contributed by atoms with Gasteiger partial charge in [0.25, 0.3) is 0 Å². The molecule has 0 heteroatoms. The topological polar surface area (TPSA) is 0 Å². The molecule has 2 aliphatic carbocycles. The van der Waals surface area contributed by atoms with Gasteiger partial charge < -0.3 is 0 Å². The fourth-order valence-electron chi connectivity index (χ4n) is 4.54. The highest BCUT2D eigenvalue weighted by Crippen LogP contribution is 2.56. The SMILES string of the molecule is CC(C)CCC[C@@H](C)[C@H]1CCC2=CCCC[C@@]21C. The number of hydrogen-bond acceptors (Lipinski definition) is 0. The highest BCUT2D eigenvalue weighted by Gasteiger charge is 2.44. The fourth-order valence-corrected chi connectivity index (χ4v) is 4.54. The van der Waals surface area contributed by atoms with Crippen LogP contribution in [0.25, 0.3) is 0 Å². The second-order valence-electron chi connectivity index (χ2n) is 7.49. The minimum atomic E-state index is 0.579. The molecule has 2 aliphatic rings. The van der Waals surface area contributed by atoms with Crippen molar-refractivity contribution in [3.63, 3.8) is 0 Å². The van der Waals surface area contributed by atoms with Gasteiger partial charge in [0.2, 0.25) is 0 Å². The van der Waals surface area contributed by atoms with Gasteiger partial charge in [-0.15, -0.1) is 0 Å². The van der Waals surface area contributed by atoms with Gasteiger partial charge >= 0.3 is 0 Å². The van der Waals surface area contributed by atoms with Gasteiger partial charge in [0.15, 0.2) is 0 Å². The van der Waals surface area contributed by atoms with Crippen LogP contribution in [0.15, 0.2) is 11.6 Å². The van der Waals surface area contributed by atoms with Crippen LogP contribution in [0.2, 0.25) is 0 Å². The van der Waals surface area contributed by atoms with E-state index >= 15 is 0 Å². The fraction of sp³-hybridized carbons (Fsp3) is 0.889. The van der Waals surface area contributed by atoms with Crippen molar-refractivity contribution in [1.29, 1.82) is 0 Å². The third kappa shape index (κ3) is 2.83. The Labute approximate surface area is 114 Å². The summed E-state index contributed by atoms with van der Waals surface area (Å²) >= 11 is 0. The second kappa shape index (κ2) is 5.80. The number of rotatable bonds is 5. The van der Waals surface area contributed by atoms with Gasteiger partial charge in [-0.05, 0) is 55.3 Å². The van der Waals surface area contributed by atoms with Crippen LogP contribution in [0.5, 0.6) is 0 Å². The van der Waals surface area contributed by atoms with E-state index in [1.54, 1.807) is 0 Å². The Hall–Kier alpha value is -0.260. The second-order valence-corrected chi connectivity index (χ2v) is 7.49. The van der Waals surface area contributed by atoms with Gasteiger partial charge in [0, 0.05) is 0 Å². The van der Waals surface area contributed by atoms with Crippen molar-refractivity contribution >= 4 is 0 Å². The van der Waals surface area contributed by atoms with Crippen LogP contribution in [-0.2, 0) is 0 Å². The first-order valence-electron chi connectivity index (χ1n) is 8.23. The van der Waals surface area contributed by atoms with Gasteiger partial charge in [0.1, 0.15) is 0 Å². The molecule has 3 atom stereocenters. The molecule has 0 bridgehead atoms. The molecule has 0 nitrogen and oxygen atoms in total. The molecule has 1 fully saturated rings. The van der Waals surface area contributed by atoms with Gasteiger partial charge in [-0.1, -0.05) is 58.6 Å². The Kier molecular flexibility index (Phi) is 4.56. The van der Waals surface area contributed by atoms with Crippen molar-refractivity contribution in [2.24, 2.45) is 23.2 Å². The summed E-state index contributed by atoms with van der Waals surface area (Å²) in [4.78, 5) is 0. The lowest BCUT2D eigenvalue weighted by Gasteiger charge is -2.39. The molecule has 2 rings (SSSR count).